The van der Waals surface area contributed by atoms with E-state index in [1.165, 1.54) is 11.6 Å². The van der Waals surface area contributed by atoms with Crippen LogP contribution in [-0.4, -0.2) is 10.9 Å². The molecule has 3 heteroatoms. The highest BCUT2D eigenvalue weighted by Crippen LogP contribution is 2.20. The molecule has 0 amide bonds. The van der Waals surface area contributed by atoms with Crippen LogP contribution in [0.4, 0.5) is 10.1 Å². The van der Waals surface area contributed by atoms with Crippen molar-refractivity contribution in [3.8, 4) is 0 Å². The van der Waals surface area contributed by atoms with Gasteiger partial charge in [-0.3, -0.25) is 4.90 Å². The lowest BCUT2D eigenvalue weighted by atomic mass is 10.1. The highest BCUT2D eigenvalue weighted by atomic mass is 19.1. The standard InChI is InChI=1S/C17H21FN2/c1-13(2)20(11-14-7-4-3-5-8-14)12-15-9-6-10-16(18)17(15)19/h3-10,13H,11-12,19H2,1-2H3. The second-order valence-electron chi connectivity index (χ2n) is 5.30. The Morgan fingerprint density at radius 2 is 1.70 bits per heavy atom. The van der Waals surface area contributed by atoms with E-state index in [4.69, 9.17) is 5.73 Å². The van der Waals surface area contributed by atoms with Crippen molar-refractivity contribution in [1.82, 2.24) is 4.90 Å². The van der Waals surface area contributed by atoms with Crippen molar-refractivity contribution in [3.05, 3.63) is 65.5 Å². The van der Waals surface area contributed by atoms with Gasteiger partial charge in [0.2, 0.25) is 0 Å². The second-order valence-corrected chi connectivity index (χ2v) is 5.30. The maximum atomic E-state index is 13.5. The normalized spacial score (nSPS) is 11.2. The predicted molar refractivity (Wildman–Crippen MR) is 81.6 cm³/mol. The van der Waals surface area contributed by atoms with Crippen LogP contribution in [0.2, 0.25) is 0 Å². The lowest BCUT2D eigenvalue weighted by Crippen LogP contribution is -2.30. The molecule has 2 aromatic carbocycles. The van der Waals surface area contributed by atoms with Crippen LogP contribution in [0.25, 0.3) is 0 Å². The van der Waals surface area contributed by atoms with Crippen molar-refractivity contribution < 1.29 is 4.39 Å². The Morgan fingerprint density at radius 3 is 2.35 bits per heavy atom. The Hall–Kier alpha value is -1.87. The Morgan fingerprint density at radius 1 is 1.00 bits per heavy atom. The molecule has 0 aromatic heterocycles. The van der Waals surface area contributed by atoms with E-state index in [2.05, 4.69) is 30.9 Å². The van der Waals surface area contributed by atoms with Gasteiger partial charge in [-0.1, -0.05) is 42.5 Å². The van der Waals surface area contributed by atoms with Crippen molar-refractivity contribution in [3.63, 3.8) is 0 Å². The molecule has 2 nitrogen and oxygen atoms in total. The molecule has 0 aliphatic rings. The predicted octanol–water partition coefficient (Wildman–Crippen LogP) is 3.82. The van der Waals surface area contributed by atoms with Gasteiger partial charge in [0.05, 0.1) is 5.69 Å². The molecule has 2 N–H and O–H groups in total. The van der Waals surface area contributed by atoms with Crippen molar-refractivity contribution in [2.45, 2.75) is 33.0 Å². The summed E-state index contributed by atoms with van der Waals surface area (Å²) in [6, 6.07) is 15.6. The highest BCUT2D eigenvalue weighted by Gasteiger charge is 2.13. The molecule has 2 rings (SSSR count). The third-order valence-electron chi connectivity index (χ3n) is 3.48. The first-order valence-electron chi connectivity index (χ1n) is 6.88. The first kappa shape index (κ1) is 14.5. The summed E-state index contributed by atoms with van der Waals surface area (Å²) in [7, 11) is 0. The van der Waals surface area contributed by atoms with Crippen molar-refractivity contribution in [2.24, 2.45) is 0 Å². The summed E-state index contributed by atoms with van der Waals surface area (Å²) >= 11 is 0. The second kappa shape index (κ2) is 6.53. The lowest BCUT2D eigenvalue weighted by molar-refractivity contribution is 0.204. The molecule has 0 atom stereocenters. The Labute approximate surface area is 120 Å². The number of rotatable bonds is 5. The molecule has 2 aromatic rings. The molecule has 106 valence electrons. The fourth-order valence-corrected chi connectivity index (χ4v) is 2.18. The molecule has 0 bridgehead atoms. The summed E-state index contributed by atoms with van der Waals surface area (Å²) in [5, 5.41) is 0. The molecule has 0 unspecified atom stereocenters. The van der Waals surface area contributed by atoms with Crippen LogP contribution in [0.15, 0.2) is 48.5 Å². The van der Waals surface area contributed by atoms with E-state index < -0.39 is 0 Å². The van der Waals surface area contributed by atoms with Crippen LogP contribution in [0.5, 0.6) is 0 Å². The summed E-state index contributed by atoms with van der Waals surface area (Å²) in [5.41, 5.74) is 8.17. The quantitative estimate of drug-likeness (QED) is 0.838. The minimum absolute atomic E-state index is 0.256. The zero-order valence-electron chi connectivity index (χ0n) is 12.0. The smallest absolute Gasteiger partial charge is 0.146 e. The van der Waals surface area contributed by atoms with Gasteiger partial charge in [-0.25, -0.2) is 4.39 Å². The first-order valence-corrected chi connectivity index (χ1v) is 6.88. The third kappa shape index (κ3) is 3.58. The van der Waals surface area contributed by atoms with E-state index in [0.29, 0.717) is 12.6 Å². The fraction of sp³-hybridized carbons (Fsp3) is 0.294. The number of para-hydroxylation sites is 1. The zero-order chi connectivity index (χ0) is 14.5. The van der Waals surface area contributed by atoms with E-state index >= 15 is 0 Å². The van der Waals surface area contributed by atoms with Crippen molar-refractivity contribution in [2.75, 3.05) is 5.73 Å². The topological polar surface area (TPSA) is 29.3 Å². The number of anilines is 1. The molecule has 0 radical (unpaired) electrons. The Kier molecular flexibility index (Phi) is 4.74. The van der Waals surface area contributed by atoms with Crippen LogP contribution in [-0.2, 0) is 13.1 Å². The number of nitrogen functional groups attached to an aromatic ring is 1. The maximum Gasteiger partial charge on any atom is 0.146 e. The molecule has 0 fully saturated rings. The van der Waals surface area contributed by atoms with Gasteiger partial charge in [0, 0.05) is 19.1 Å². The van der Waals surface area contributed by atoms with Gasteiger partial charge in [-0.15, -0.1) is 0 Å². The van der Waals surface area contributed by atoms with Gasteiger partial charge in [0.15, 0.2) is 0 Å². The Balaban J connectivity index is 2.16. The third-order valence-corrected chi connectivity index (χ3v) is 3.48. The molecular weight excluding hydrogens is 251 g/mol. The first-order chi connectivity index (χ1) is 9.58. The van der Waals surface area contributed by atoms with Crippen LogP contribution in [0.3, 0.4) is 0 Å². The van der Waals surface area contributed by atoms with Gasteiger partial charge in [-0.2, -0.15) is 0 Å². The van der Waals surface area contributed by atoms with Gasteiger partial charge >= 0.3 is 0 Å². The van der Waals surface area contributed by atoms with Crippen LogP contribution in [0.1, 0.15) is 25.0 Å². The van der Waals surface area contributed by atoms with Crippen LogP contribution >= 0.6 is 0 Å². The summed E-state index contributed by atoms with van der Waals surface area (Å²) in [5.74, 6) is -0.342. The molecule has 0 aliphatic carbocycles. The number of hydrogen-bond donors (Lipinski definition) is 1. The molecule has 20 heavy (non-hydrogen) atoms. The summed E-state index contributed by atoms with van der Waals surface area (Å²) in [6.07, 6.45) is 0. The highest BCUT2D eigenvalue weighted by molar-refractivity contribution is 5.47. The van der Waals surface area contributed by atoms with E-state index in [1.807, 2.05) is 24.3 Å². The summed E-state index contributed by atoms with van der Waals surface area (Å²) in [6.45, 7) is 5.75. The number of nitrogens with zero attached hydrogens (tertiary/aromatic N) is 1. The molecule has 0 saturated heterocycles. The molecule has 0 spiro atoms. The largest absolute Gasteiger partial charge is 0.396 e. The number of halogens is 1. The summed E-state index contributed by atoms with van der Waals surface area (Å²) in [4.78, 5) is 2.28. The van der Waals surface area contributed by atoms with E-state index in [0.717, 1.165) is 12.1 Å². The number of hydrogen-bond acceptors (Lipinski definition) is 2. The minimum Gasteiger partial charge on any atom is -0.396 e. The fourth-order valence-electron chi connectivity index (χ4n) is 2.18. The van der Waals surface area contributed by atoms with E-state index in [-0.39, 0.29) is 11.5 Å². The van der Waals surface area contributed by atoms with Crippen LogP contribution in [0, 0.1) is 5.82 Å². The maximum absolute atomic E-state index is 13.5. The monoisotopic (exact) mass is 272 g/mol. The molecule has 0 heterocycles. The van der Waals surface area contributed by atoms with Gasteiger partial charge < -0.3 is 5.73 Å². The van der Waals surface area contributed by atoms with Gasteiger partial charge in [0.25, 0.3) is 0 Å². The zero-order valence-corrected chi connectivity index (χ0v) is 12.0. The van der Waals surface area contributed by atoms with E-state index in [9.17, 15) is 4.39 Å². The van der Waals surface area contributed by atoms with Crippen molar-refractivity contribution in [1.29, 1.82) is 0 Å². The number of nitrogens with two attached hydrogens (primary N) is 1. The molecular formula is C17H21FN2. The van der Waals surface area contributed by atoms with Crippen molar-refractivity contribution >= 4 is 5.69 Å². The summed E-state index contributed by atoms with van der Waals surface area (Å²) < 4.78 is 13.5. The molecule has 0 saturated carbocycles. The molecule has 0 aliphatic heterocycles. The average molecular weight is 272 g/mol. The average Bonchev–Trinajstić information content (AvgIpc) is 2.44. The van der Waals surface area contributed by atoms with E-state index in [1.54, 1.807) is 6.07 Å². The Bertz CT molecular complexity index is 552. The minimum atomic E-state index is -0.342. The van der Waals surface area contributed by atoms with Gasteiger partial charge in [0.1, 0.15) is 5.82 Å². The van der Waals surface area contributed by atoms with Crippen LogP contribution < -0.4 is 5.73 Å². The SMILES string of the molecule is CC(C)N(Cc1ccccc1)Cc1cccc(F)c1N. The number of benzene rings is 2. The lowest BCUT2D eigenvalue weighted by Gasteiger charge is -2.27. The van der Waals surface area contributed by atoms with Gasteiger partial charge in [-0.05, 0) is 31.0 Å².